The highest BCUT2D eigenvalue weighted by Crippen LogP contribution is 2.31. The third-order valence-corrected chi connectivity index (χ3v) is 5.84. The molecule has 0 bridgehead atoms. The van der Waals surface area contributed by atoms with Gasteiger partial charge in [-0.25, -0.2) is 18.2 Å². The number of primary sulfonamides is 1. The van der Waals surface area contributed by atoms with Crippen molar-refractivity contribution in [3.63, 3.8) is 0 Å². The number of ether oxygens (including phenoxy) is 1. The zero-order chi connectivity index (χ0) is 21.3. The highest BCUT2D eigenvalue weighted by Gasteiger charge is 2.15. The Balaban J connectivity index is 1.82. The van der Waals surface area contributed by atoms with E-state index in [-0.39, 0.29) is 4.90 Å². The van der Waals surface area contributed by atoms with Gasteiger partial charge in [-0.05, 0) is 66.2 Å². The van der Waals surface area contributed by atoms with E-state index in [1.54, 1.807) is 36.1 Å². The molecule has 0 aliphatic rings. The van der Waals surface area contributed by atoms with Crippen LogP contribution in [0.5, 0.6) is 5.75 Å². The highest BCUT2D eigenvalue weighted by atomic mass is 35.5. The fourth-order valence-corrected chi connectivity index (χ4v) is 3.79. The van der Waals surface area contributed by atoms with Gasteiger partial charge in [-0.2, -0.15) is 5.10 Å². The first kappa shape index (κ1) is 20.2. The van der Waals surface area contributed by atoms with Gasteiger partial charge in [0.15, 0.2) is 0 Å². The number of hydrogen-bond donors (Lipinski definition) is 1. The van der Waals surface area contributed by atoms with Gasteiger partial charge in [0.1, 0.15) is 5.75 Å². The van der Waals surface area contributed by atoms with Crippen molar-refractivity contribution in [2.75, 3.05) is 7.11 Å². The summed E-state index contributed by atoms with van der Waals surface area (Å²) in [6.45, 7) is 0. The molecule has 3 aromatic carbocycles. The van der Waals surface area contributed by atoms with Crippen molar-refractivity contribution < 1.29 is 13.2 Å². The minimum absolute atomic E-state index is 0.0266. The smallest absolute Gasteiger partial charge is 0.238 e. The molecule has 152 valence electrons. The van der Waals surface area contributed by atoms with E-state index < -0.39 is 10.0 Å². The molecule has 6 nitrogen and oxygen atoms in total. The van der Waals surface area contributed by atoms with Crippen molar-refractivity contribution in [3.8, 4) is 33.8 Å². The lowest BCUT2D eigenvalue weighted by molar-refractivity contribution is 0.415. The van der Waals surface area contributed by atoms with Crippen molar-refractivity contribution in [3.05, 3.63) is 84.0 Å². The number of nitrogens with zero attached hydrogens (tertiary/aromatic N) is 2. The monoisotopic (exact) mass is 439 g/mol. The molecule has 30 heavy (non-hydrogen) atoms. The second-order valence-corrected chi connectivity index (χ2v) is 8.60. The molecule has 0 saturated heterocycles. The number of rotatable bonds is 5. The first-order valence-corrected chi connectivity index (χ1v) is 10.9. The molecule has 2 N–H and O–H groups in total. The molecule has 0 aliphatic heterocycles. The molecule has 0 unspecified atom stereocenters. The maximum atomic E-state index is 11.9. The molecule has 0 spiro atoms. The Bertz CT molecular complexity index is 1300. The third-order valence-electron chi connectivity index (χ3n) is 4.67. The van der Waals surface area contributed by atoms with Crippen LogP contribution < -0.4 is 9.88 Å². The summed E-state index contributed by atoms with van der Waals surface area (Å²) in [4.78, 5) is 0.0266. The summed E-state index contributed by atoms with van der Waals surface area (Å²) in [5.41, 5.74) is 3.88. The first-order valence-electron chi connectivity index (χ1n) is 8.98. The summed E-state index contributed by atoms with van der Waals surface area (Å²) in [7, 11) is -2.23. The Morgan fingerprint density at radius 3 is 2.23 bits per heavy atom. The number of sulfonamides is 1. The molecule has 0 fully saturated rings. The van der Waals surface area contributed by atoms with Gasteiger partial charge in [-0.15, -0.1) is 0 Å². The van der Waals surface area contributed by atoms with Crippen LogP contribution in [0.1, 0.15) is 0 Å². The molecule has 0 aliphatic carbocycles. The number of benzene rings is 3. The SMILES string of the molecule is COc1ccc(-c2ccn(-c3ccc(S(N)(=O)=O)cc3-c3ccc(Cl)cc3)n2)cc1. The van der Waals surface area contributed by atoms with Gasteiger partial charge in [0.2, 0.25) is 10.0 Å². The molecule has 0 saturated carbocycles. The van der Waals surface area contributed by atoms with Crippen molar-refractivity contribution in [2.24, 2.45) is 5.14 Å². The van der Waals surface area contributed by atoms with Gasteiger partial charge < -0.3 is 4.74 Å². The summed E-state index contributed by atoms with van der Waals surface area (Å²) >= 11 is 6.01. The first-order chi connectivity index (χ1) is 14.3. The number of aromatic nitrogens is 2. The summed E-state index contributed by atoms with van der Waals surface area (Å²) in [6.07, 6.45) is 1.82. The molecule has 0 amide bonds. The van der Waals surface area contributed by atoms with Gasteiger partial charge in [-0.1, -0.05) is 23.7 Å². The van der Waals surface area contributed by atoms with Gasteiger partial charge in [-0.3, -0.25) is 0 Å². The quantitative estimate of drug-likeness (QED) is 0.495. The lowest BCUT2D eigenvalue weighted by atomic mass is 10.0. The molecule has 0 radical (unpaired) electrons. The lowest BCUT2D eigenvalue weighted by Crippen LogP contribution is -2.12. The van der Waals surface area contributed by atoms with E-state index in [1.807, 2.05) is 48.7 Å². The normalized spacial score (nSPS) is 11.4. The Morgan fingerprint density at radius 2 is 1.60 bits per heavy atom. The molecular formula is C22H18ClN3O3S. The molecular weight excluding hydrogens is 422 g/mol. The second-order valence-electron chi connectivity index (χ2n) is 6.60. The Kier molecular flexibility index (Phi) is 5.34. The summed E-state index contributed by atoms with van der Waals surface area (Å²) in [5, 5.41) is 10.6. The van der Waals surface area contributed by atoms with Crippen LogP contribution in [0.25, 0.3) is 28.1 Å². The molecule has 8 heteroatoms. The van der Waals surface area contributed by atoms with E-state index in [1.165, 1.54) is 6.07 Å². The minimum Gasteiger partial charge on any atom is -0.497 e. The largest absolute Gasteiger partial charge is 0.497 e. The van der Waals surface area contributed by atoms with Gasteiger partial charge in [0, 0.05) is 22.3 Å². The van der Waals surface area contributed by atoms with Crippen LogP contribution in [0.15, 0.2) is 83.9 Å². The van der Waals surface area contributed by atoms with Crippen LogP contribution >= 0.6 is 11.6 Å². The van der Waals surface area contributed by atoms with E-state index in [0.29, 0.717) is 16.3 Å². The molecule has 4 rings (SSSR count). The van der Waals surface area contributed by atoms with Crippen molar-refractivity contribution in [1.82, 2.24) is 9.78 Å². The summed E-state index contributed by atoms with van der Waals surface area (Å²) < 4.78 is 30.7. The van der Waals surface area contributed by atoms with Crippen molar-refractivity contribution >= 4 is 21.6 Å². The van der Waals surface area contributed by atoms with Gasteiger partial charge >= 0.3 is 0 Å². The Hall–Kier alpha value is -3.13. The van der Waals surface area contributed by atoms with Crippen molar-refractivity contribution in [1.29, 1.82) is 0 Å². The zero-order valence-electron chi connectivity index (χ0n) is 16.0. The fourth-order valence-electron chi connectivity index (χ4n) is 3.13. The van der Waals surface area contributed by atoms with E-state index in [4.69, 9.17) is 21.5 Å². The fraction of sp³-hybridized carbons (Fsp3) is 0.0455. The standard InChI is InChI=1S/C22H18ClN3O3S/c1-29-18-8-4-16(5-9-18)21-12-13-26(25-21)22-11-10-19(30(24,27)28)14-20(22)15-2-6-17(23)7-3-15/h2-14H,1H3,(H2,24,27,28). The number of nitrogens with two attached hydrogens (primary N) is 1. The van der Waals surface area contributed by atoms with Gasteiger partial charge in [0.25, 0.3) is 0 Å². The number of halogens is 1. The Labute approximate surface area is 179 Å². The minimum atomic E-state index is -3.85. The predicted molar refractivity (Wildman–Crippen MR) is 117 cm³/mol. The summed E-state index contributed by atoms with van der Waals surface area (Å²) in [5.74, 6) is 0.766. The van der Waals surface area contributed by atoms with Crippen LogP contribution in [-0.4, -0.2) is 25.3 Å². The summed E-state index contributed by atoms with van der Waals surface area (Å²) in [6, 6.07) is 21.3. The zero-order valence-corrected chi connectivity index (χ0v) is 17.6. The van der Waals surface area contributed by atoms with Crippen LogP contribution in [0, 0.1) is 0 Å². The average Bonchev–Trinajstić information content (AvgIpc) is 3.23. The lowest BCUT2D eigenvalue weighted by Gasteiger charge is -2.12. The topological polar surface area (TPSA) is 87.2 Å². The average molecular weight is 440 g/mol. The Morgan fingerprint density at radius 1 is 0.933 bits per heavy atom. The van der Waals surface area contributed by atoms with Gasteiger partial charge in [0.05, 0.1) is 23.4 Å². The van der Waals surface area contributed by atoms with Crippen LogP contribution in [0.4, 0.5) is 0 Å². The molecule has 1 heterocycles. The molecule has 0 atom stereocenters. The maximum Gasteiger partial charge on any atom is 0.238 e. The maximum absolute atomic E-state index is 11.9. The molecule has 1 aromatic heterocycles. The predicted octanol–water partition coefficient (Wildman–Crippen LogP) is 4.52. The second kappa shape index (κ2) is 7.95. The van der Waals surface area contributed by atoms with Crippen LogP contribution in [0.3, 0.4) is 0 Å². The molecule has 4 aromatic rings. The van der Waals surface area contributed by atoms with E-state index >= 15 is 0 Å². The van der Waals surface area contributed by atoms with Crippen LogP contribution in [0.2, 0.25) is 5.02 Å². The van der Waals surface area contributed by atoms with Crippen molar-refractivity contribution in [2.45, 2.75) is 4.90 Å². The van der Waals surface area contributed by atoms with E-state index in [9.17, 15) is 8.42 Å². The van der Waals surface area contributed by atoms with E-state index in [2.05, 4.69) is 5.10 Å². The number of methoxy groups -OCH3 is 1. The highest BCUT2D eigenvalue weighted by molar-refractivity contribution is 7.89. The third kappa shape index (κ3) is 4.09. The van der Waals surface area contributed by atoms with Crippen LogP contribution in [-0.2, 0) is 10.0 Å². The van der Waals surface area contributed by atoms with E-state index in [0.717, 1.165) is 22.6 Å². The number of hydrogen-bond acceptors (Lipinski definition) is 4.